The van der Waals surface area contributed by atoms with Crippen molar-refractivity contribution in [2.75, 3.05) is 16.8 Å². The topological polar surface area (TPSA) is 129 Å². The summed E-state index contributed by atoms with van der Waals surface area (Å²) in [5, 5.41) is 14.1. The number of rotatable bonds is 9. The van der Waals surface area contributed by atoms with Gasteiger partial charge >= 0.3 is 5.97 Å². The second-order valence-electron chi connectivity index (χ2n) is 8.63. The fourth-order valence-corrected chi connectivity index (χ4v) is 6.71. The molecule has 1 amide bonds. The van der Waals surface area contributed by atoms with Crippen LogP contribution in [0.3, 0.4) is 0 Å². The number of ether oxygens (including phenoxy) is 1. The molecule has 0 saturated carbocycles. The summed E-state index contributed by atoms with van der Waals surface area (Å²) in [5.74, 6) is 0.816. The summed E-state index contributed by atoms with van der Waals surface area (Å²) in [7, 11) is 0. The Morgan fingerprint density at radius 1 is 1.16 bits per heavy atom. The fourth-order valence-electron chi connectivity index (χ4n) is 4.44. The van der Waals surface area contributed by atoms with Gasteiger partial charge in [-0.1, -0.05) is 77.6 Å². The lowest BCUT2D eigenvalue weighted by Gasteiger charge is -2.49. The van der Waals surface area contributed by atoms with Crippen molar-refractivity contribution >= 4 is 41.3 Å². The number of fused-ring (bicyclic) bond motifs is 1. The SMILES string of the molecule is O=C(OC(c1ccccc1)c1ccccc1)C1=C(CSc2c[nH]nn2)CS[C@@H]2C(Nc3ncc[nH]3)C(=O)N12. The van der Waals surface area contributed by atoms with E-state index in [0.29, 0.717) is 28.2 Å². The maximum absolute atomic E-state index is 13.9. The zero-order valence-electron chi connectivity index (χ0n) is 20.0. The van der Waals surface area contributed by atoms with Crippen LogP contribution in [0.25, 0.3) is 0 Å². The van der Waals surface area contributed by atoms with Crippen LogP contribution in [-0.4, -0.2) is 65.1 Å². The standard InChI is InChI=1S/C26H23N7O3S2/c34-23-20(30-26-27-11-12-28-26)24-33(23)21(18(15-38-24)14-37-19-13-29-32-31-19)25(35)36-22(16-7-3-1-4-8-16)17-9-5-2-6-10-17/h1-13,20,22,24H,14-15H2,(H2,27,28,30)(H,29,31,32)/t20?,24-/m1/s1. The number of amides is 1. The van der Waals surface area contributed by atoms with Gasteiger partial charge < -0.3 is 15.0 Å². The van der Waals surface area contributed by atoms with Crippen molar-refractivity contribution in [3.63, 3.8) is 0 Å². The zero-order valence-corrected chi connectivity index (χ0v) is 21.6. The van der Waals surface area contributed by atoms with Crippen LogP contribution in [0.15, 0.2) is 95.6 Å². The first-order valence-corrected chi connectivity index (χ1v) is 13.9. The summed E-state index contributed by atoms with van der Waals surface area (Å²) in [6, 6.07) is 18.7. The molecule has 10 nitrogen and oxygen atoms in total. The summed E-state index contributed by atoms with van der Waals surface area (Å²) >= 11 is 3.05. The molecule has 192 valence electrons. The number of imidazole rings is 1. The van der Waals surface area contributed by atoms with Crippen LogP contribution in [0.1, 0.15) is 17.2 Å². The summed E-state index contributed by atoms with van der Waals surface area (Å²) in [5.41, 5.74) is 2.80. The smallest absolute Gasteiger partial charge is 0.356 e. The number of hydrogen-bond acceptors (Lipinski definition) is 9. The third-order valence-corrected chi connectivity index (χ3v) is 8.58. The predicted molar refractivity (Wildman–Crippen MR) is 144 cm³/mol. The highest BCUT2D eigenvalue weighted by Gasteiger charge is 2.54. The Kier molecular flexibility index (Phi) is 6.88. The van der Waals surface area contributed by atoms with Crippen LogP contribution >= 0.6 is 23.5 Å². The Morgan fingerprint density at radius 2 is 1.89 bits per heavy atom. The number of benzene rings is 2. The van der Waals surface area contributed by atoms with E-state index < -0.39 is 18.1 Å². The van der Waals surface area contributed by atoms with Crippen LogP contribution in [0.5, 0.6) is 0 Å². The molecule has 2 aliphatic rings. The van der Waals surface area contributed by atoms with E-state index in [9.17, 15) is 9.59 Å². The second kappa shape index (κ2) is 10.8. The molecule has 38 heavy (non-hydrogen) atoms. The largest absolute Gasteiger partial charge is 0.448 e. The van der Waals surface area contributed by atoms with Gasteiger partial charge in [0, 0.05) is 23.9 Å². The molecule has 2 aromatic heterocycles. The lowest BCUT2D eigenvalue weighted by molar-refractivity contribution is -0.152. The van der Waals surface area contributed by atoms with Crippen LogP contribution in [0, 0.1) is 0 Å². The number of nitrogens with zero attached hydrogens (tertiary/aromatic N) is 4. The minimum absolute atomic E-state index is 0.203. The number of anilines is 1. The van der Waals surface area contributed by atoms with E-state index in [2.05, 4.69) is 30.7 Å². The second-order valence-corrected chi connectivity index (χ2v) is 10.7. The predicted octanol–water partition coefficient (Wildman–Crippen LogP) is 3.60. The maximum atomic E-state index is 13.9. The molecule has 6 rings (SSSR count). The van der Waals surface area contributed by atoms with Gasteiger partial charge in [-0.25, -0.2) is 9.78 Å². The average molecular weight is 546 g/mol. The number of thioether (sulfide) groups is 2. The third-order valence-electron chi connectivity index (χ3n) is 6.25. The number of carbonyl (C=O) groups is 2. The lowest BCUT2D eigenvalue weighted by Crippen LogP contribution is -2.67. The molecule has 12 heteroatoms. The normalized spacial score (nSPS) is 18.8. The Balaban J connectivity index is 1.31. The van der Waals surface area contributed by atoms with E-state index in [1.54, 1.807) is 35.3 Å². The number of esters is 1. The minimum atomic E-state index is -0.622. The average Bonchev–Trinajstić information content (AvgIpc) is 3.68. The van der Waals surface area contributed by atoms with E-state index >= 15 is 0 Å². The van der Waals surface area contributed by atoms with Crippen molar-refractivity contribution in [3.8, 4) is 0 Å². The molecule has 0 bridgehead atoms. The molecule has 0 spiro atoms. The molecule has 1 saturated heterocycles. The fraction of sp³-hybridized carbons (Fsp3) is 0.192. The molecule has 1 unspecified atom stereocenters. The molecular formula is C26H23N7O3S2. The van der Waals surface area contributed by atoms with E-state index in [1.165, 1.54) is 11.8 Å². The van der Waals surface area contributed by atoms with Crippen LogP contribution in [0.4, 0.5) is 5.95 Å². The molecule has 3 N–H and O–H groups in total. The van der Waals surface area contributed by atoms with Gasteiger partial charge in [-0.2, -0.15) is 0 Å². The highest BCUT2D eigenvalue weighted by Crippen LogP contribution is 2.43. The van der Waals surface area contributed by atoms with Crippen molar-refractivity contribution in [2.24, 2.45) is 0 Å². The van der Waals surface area contributed by atoms with Gasteiger partial charge in [0.1, 0.15) is 22.1 Å². The zero-order chi connectivity index (χ0) is 25.9. The highest BCUT2D eigenvalue weighted by molar-refractivity contribution is 8.01. The van der Waals surface area contributed by atoms with Crippen molar-refractivity contribution < 1.29 is 14.3 Å². The number of β-lactam (4-membered cyclic amide) rings is 1. The molecule has 2 aliphatic heterocycles. The van der Waals surface area contributed by atoms with Crippen LogP contribution in [0.2, 0.25) is 0 Å². The first-order valence-electron chi connectivity index (χ1n) is 11.9. The Hall–Kier alpha value is -4.03. The Morgan fingerprint density at radius 3 is 2.53 bits per heavy atom. The Bertz CT molecular complexity index is 1390. The van der Waals surface area contributed by atoms with E-state index in [-0.39, 0.29) is 11.3 Å². The van der Waals surface area contributed by atoms with Gasteiger partial charge in [0.2, 0.25) is 5.95 Å². The van der Waals surface area contributed by atoms with Crippen molar-refractivity contribution in [1.29, 1.82) is 0 Å². The quantitative estimate of drug-likeness (QED) is 0.164. The van der Waals surface area contributed by atoms with Crippen LogP contribution < -0.4 is 5.32 Å². The van der Waals surface area contributed by atoms with Crippen molar-refractivity contribution in [1.82, 2.24) is 30.3 Å². The highest BCUT2D eigenvalue weighted by atomic mass is 32.2. The third kappa shape index (κ3) is 4.79. The molecule has 4 heterocycles. The Labute approximate surface area is 226 Å². The van der Waals surface area contributed by atoms with E-state index in [4.69, 9.17) is 4.74 Å². The summed E-state index contributed by atoms with van der Waals surface area (Å²) in [4.78, 5) is 36.0. The lowest BCUT2D eigenvalue weighted by atomic mass is 10.0. The number of carbonyl (C=O) groups excluding carboxylic acids is 2. The molecule has 0 radical (unpaired) electrons. The summed E-state index contributed by atoms with van der Waals surface area (Å²) < 4.78 is 6.19. The maximum Gasteiger partial charge on any atom is 0.356 e. The summed E-state index contributed by atoms with van der Waals surface area (Å²) in [6.45, 7) is 0. The van der Waals surface area contributed by atoms with E-state index in [1.807, 2.05) is 60.7 Å². The minimum Gasteiger partial charge on any atom is -0.448 e. The molecule has 1 fully saturated rings. The summed E-state index contributed by atoms with van der Waals surface area (Å²) in [6.07, 6.45) is 4.38. The number of aromatic amines is 2. The molecular weight excluding hydrogens is 522 g/mol. The number of hydrogen-bond donors (Lipinski definition) is 3. The number of H-pyrrole nitrogens is 2. The molecule has 2 atom stereocenters. The first kappa shape index (κ1) is 24.3. The van der Waals surface area contributed by atoms with E-state index in [0.717, 1.165) is 16.7 Å². The molecule has 0 aliphatic carbocycles. The van der Waals surface area contributed by atoms with Crippen LogP contribution in [-0.2, 0) is 14.3 Å². The van der Waals surface area contributed by atoms with Gasteiger partial charge in [-0.3, -0.25) is 14.8 Å². The van der Waals surface area contributed by atoms with Gasteiger partial charge in [-0.15, -0.1) is 16.9 Å². The van der Waals surface area contributed by atoms with Gasteiger partial charge in [0.05, 0.1) is 6.20 Å². The molecule has 2 aromatic carbocycles. The number of nitrogens with one attached hydrogen (secondary N) is 3. The van der Waals surface area contributed by atoms with Gasteiger partial charge in [0.25, 0.3) is 5.91 Å². The van der Waals surface area contributed by atoms with Crippen molar-refractivity contribution in [2.45, 2.75) is 22.5 Å². The first-order chi connectivity index (χ1) is 18.7. The number of aromatic nitrogens is 5. The monoisotopic (exact) mass is 545 g/mol. The van der Waals surface area contributed by atoms with Gasteiger partial charge in [-0.05, 0) is 16.7 Å². The van der Waals surface area contributed by atoms with Gasteiger partial charge in [0.15, 0.2) is 6.10 Å². The van der Waals surface area contributed by atoms with Crippen molar-refractivity contribution in [3.05, 3.63) is 102 Å². The molecule has 4 aromatic rings.